The molecule has 1 saturated heterocycles. The number of hydrogen-bond acceptors (Lipinski definition) is 3. The normalized spacial score (nSPS) is 17.4. The molecule has 2 aromatic carbocycles. The van der Waals surface area contributed by atoms with Crippen LogP contribution in [-0.2, 0) is 6.54 Å². The lowest BCUT2D eigenvalue weighted by molar-refractivity contribution is 0.167. The molecule has 0 radical (unpaired) electrons. The molecule has 1 atom stereocenters. The highest BCUT2D eigenvalue weighted by Crippen LogP contribution is 2.24. The quantitative estimate of drug-likeness (QED) is 0.691. The first-order valence-corrected chi connectivity index (χ1v) is 10.0. The largest absolute Gasteiger partial charge is 0.394 e. The van der Waals surface area contributed by atoms with Gasteiger partial charge in [0.2, 0.25) is 0 Å². The maximum absolute atomic E-state index is 13.8. The molecule has 2 N–H and O–H groups in total. The first-order chi connectivity index (χ1) is 12.6. The molecule has 0 aromatic heterocycles. The van der Waals surface area contributed by atoms with Crippen LogP contribution in [0.15, 0.2) is 46.9 Å². The molecule has 1 aliphatic rings. The highest BCUT2D eigenvalue weighted by Gasteiger charge is 2.23. The van der Waals surface area contributed by atoms with Crippen molar-refractivity contribution < 1.29 is 9.50 Å². The van der Waals surface area contributed by atoms with E-state index < -0.39 is 0 Å². The molecule has 0 spiro atoms. The van der Waals surface area contributed by atoms with Crippen LogP contribution >= 0.6 is 27.5 Å². The van der Waals surface area contributed by atoms with Crippen molar-refractivity contribution in [3.05, 3.63) is 68.9 Å². The van der Waals surface area contributed by atoms with Gasteiger partial charge in [0, 0.05) is 17.6 Å². The lowest BCUT2D eigenvalue weighted by Gasteiger charge is -2.34. The van der Waals surface area contributed by atoms with Gasteiger partial charge in [0.1, 0.15) is 5.82 Å². The summed E-state index contributed by atoms with van der Waals surface area (Å²) in [5.41, 5.74) is 1.92. The lowest BCUT2D eigenvalue weighted by atomic mass is 10.0. The lowest BCUT2D eigenvalue weighted by Crippen LogP contribution is -2.44. The Morgan fingerprint density at radius 2 is 1.96 bits per heavy atom. The van der Waals surface area contributed by atoms with Crippen LogP contribution in [-0.4, -0.2) is 35.7 Å². The number of nitrogens with zero attached hydrogens (tertiary/aromatic N) is 1. The number of piperidine rings is 1. The maximum atomic E-state index is 13.8. The van der Waals surface area contributed by atoms with Crippen LogP contribution in [0.1, 0.15) is 30.0 Å². The Morgan fingerprint density at radius 3 is 2.62 bits per heavy atom. The third kappa shape index (κ3) is 5.05. The summed E-state index contributed by atoms with van der Waals surface area (Å²) in [4.78, 5) is 2.40. The SMILES string of the molecule is OCC(NC1CCN(Cc2ccccc2Cl)CC1)c1ccc(Br)c(F)c1. The summed E-state index contributed by atoms with van der Waals surface area (Å²) >= 11 is 9.42. The van der Waals surface area contributed by atoms with Crippen LogP contribution in [0.2, 0.25) is 5.02 Å². The molecular weight excluding hydrogens is 419 g/mol. The number of nitrogens with one attached hydrogen (secondary N) is 1. The van der Waals surface area contributed by atoms with E-state index in [1.807, 2.05) is 24.3 Å². The van der Waals surface area contributed by atoms with Gasteiger partial charge in [-0.15, -0.1) is 0 Å². The Kier molecular flexibility index (Phi) is 7.06. The molecule has 3 rings (SSSR count). The molecule has 1 fully saturated rings. The molecule has 0 bridgehead atoms. The number of halogens is 3. The first kappa shape index (κ1) is 19.8. The van der Waals surface area contributed by atoms with E-state index in [0.717, 1.165) is 48.6 Å². The molecule has 26 heavy (non-hydrogen) atoms. The van der Waals surface area contributed by atoms with Crippen LogP contribution in [0.4, 0.5) is 4.39 Å². The van der Waals surface area contributed by atoms with Crippen molar-refractivity contribution in [2.45, 2.75) is 31.5 Å². The monoisotopic (exact) mass is 440 g/mol. The van der Waals surface area contributed by atoms with E-state index in [1.54, 1.807) is 6.07 Å². The summed E-state index contributed by atoms with van der Waals surface area (Å²) in [6.07, 6.45) is 1.97. The van der Waals surface area contributed by atoms with Crippen LogP contribution in [0.25, 0.3) is 0 Å². The minimum Gasteiger partial charge on any atom is -0.394 e. The summed E-state index contributed by atoms with van der Waals surface area (Å²) < 4.78 is 14.2. The van der Waals surface area contributed by atoms with Crippen molar-refractivity contribution in [1.29, 1.82) is 0 Å². The predicted molar refractivity (Wildman–Crippen MR) is 107 cm³/mol. The van der Waals surface area contributed by atoms with Crippen molar-refractivity contribution in [2.75, 3.05) is 19.7 Å². The Balaban J connectivity index is 1.54. The molecule has 0 saturated carbocycles. The van der Waals surface area contributed by atoms with Crippen LogP contribution in [0, 0.1) is 5.82 Å². The standard InChI is InChI=1S/C20H23BrClFN2O/c21-17-6-5-14(11-19(17)23)20(13-26)24-16-7-9-25(10-8-16)12-15-3-1-2-4-18(15)22/h1-6,11,16,20,24,26H,7-10,12-13H2. The molecule has 0 amide bonds. The van der Waals surface area contributed by atoms with Gasteiger partial charge in [-0.05, 0) is 71.2 Å². The van der Waals surface area contributed by atoms with E-state index in [1.165, 1.54) is 6.07 Å². The van der Waals surface area contributed by atoms with E-state index in [-0.39, 0.29) is 18.5 Å². The van der Waals surface area contributed by atoms with Gasteiger partial charge in [0.15, 0.2) is 0 Å². The molecule has 2 aromatic rings. The molecule has 1 heterocycles. The van der Waals surface area contributed by atoms with Gasteiger partial charge in [0.05, 0.1) is 17.1 Å². The minimum atomic E-state index is -0.308. The fourth-order valence-corrected chi connectivity index (χ4v) is 3.84. The van der Waals surface area contributed by atoms with Gasteiger partial charge in [0.25, 0.3) is 0 Å². The van der Waals surface area contributed by atoms with Gasteiger partial charge >= 0.3 is 0 Å². The minimum absolute atomic E-state index is 0.0547. The zero-order valence-corrected chi connectivity index (χ0v) is 16.8. The average Bonchev–Trinajstić information content (AvgIpc) is 2.65. The second-order valence-corrected chi connectivity index (χ2v) is 7.98. The van der Waals surface area contributed by atoms with E-state index in [4.69, 9.17) is 11.6 Å². The molecule has 6 heteroatoms. The van der Waals surface area contributed by atoms with E-state index in [9.17, 15) is 9.50 Å². The predicted octanol–water partition coefficient (Wildman–Crippen LogP) is 4.53. The molecule has 140 valence electrons. The van der Waals surface area contributed by atoms with Crippen molar-refractivity contribution in [1.82, 2.24) is 10.2 Å². The van der Waals surface area contributed by atoms with Gasteiger partial charge in [-0.25, -0.2) is 4.39 Å². The van der Waals surface area contributed by atoms with Crippen molar-refractivity contribution in [2.24, 2.45) is 0 Å². The molecule has 1 unspecified atom stereocenters. The topological polar surface area (TPSA) is 35.5 Å². The van der Waals surface area contributed by atoms with Crippen LogP contribution < -0.4 is 5.32 Å². The van der Waals surface area contributed by atoms with Crippen LogP contribution in [0.3, 0.4) is 0 Å². The summed E-state index contributed by atoms with van der Waals surface area (Å²) in [5.74, 6) is -0.308. The average molecular weight is 442 g/mol. The van der Waals surface area contributed by atoms with Crippen LogP contribution in [0.5, 0.6) is 0 Å². The van der Waals surface area contributed by atoms with Crippen molar-refractivity contribution in [3.63, 3.8) is 0 Å². The number of rotatable bonds is 6. The Labute approximate surface area is 167 Å². The number of benzene rings is 2. The third-order valence-corrected chi connectivity index (χ3v) is 5.92. The second kappa shape index (κ2) is 9.29. The van der Waals surface area contributed by atoms with E-state index in [0.29, 0.717) is 10.5 Å². The number of hydrogen-bond donors (Lipinski definition) is 2. The Hall–Kier alpha value is -0.980. The van der Waals surface area contributed by atoms with E-state index >= 15 is 0 Å². The highest BCUT2D eigenvalue weighted by molar-refractivity contribution is 9.10. The maximum Gasteiger partial charge on any atom is 0.137 e. The van der Waals surface area contributed by atoms with Gasteiger partial charge < -0.3 is 10.4 Å². The highest BCUT2D eigenvalue weighted by atomic mass is 79.9. The second-order valence-electron chi connectivity index (χ2n) is 6.72. The molecule has 3 nitrogen and oxygen atoms in total. The number of likely N-dealkylation sites (tertiary alicyclic amines) is 1. The first-order valence-electron chi connectivity index (χ1n) is 8.84. The number of aliphatic hydroxyl groups excluding tert-OH is 1. The van der Waals surface area contributed by atoms with E-state index in [2.05, 4.69) is 32.2 Å². The summed E-state index contributed by atoms with van der Waals surface area (Å²) in [7, 11) is 0. The molecule has 1 aliphatic heterocycles. The van der Waals surface area contributed by atoms with Gasteiger partial charge in [-0.1, -0.05) is 35.9 Å². The van der Waals surface area contributed by atoms with Gasteiger partial charge in [-0.2, -0.15) is 0 Å². The fourth-order valence-electron chi connectivity index (χ4n) is 3.39. The summed E-state index contributed by atoms with van der Waals surface area (Å²) in [6, 6.07) is 13.0. The Morgan fingerprint density at radius 1 is 1.23 bits per heavy atom. The smallest absolute Gasteiger partial charge is 0.137 e. The van der Waals surface area contributed by atoms with Gasteiger partial charge in [-0.3, -0.25) is 4.90 Å². The zero-order valence-electron chi connectivity index (χ0n) is 14.5. The molecule has 0 aliphatic carbocycles. The fraction of sp³-hybridized carbons (Fsp3) is 0.400. The summed E-state index contributed by atoms with van der Waals surface area (Å²) in [6.45, 7) is 2.74. The van der Waals surface area contributed by atoms with Crippen molar-refractivity contribution in [3.8, 4) is 0 Å². The zero-order chi connectivity index (χ0) is 18.5. The number of aliphatic hydroxyl groups is 1. The van der Waals surface area contributed by atoms with Crippen molar-refractivity contribution >= 4 is 27.5 Å². The third-order valence-electron chi connectivity index (χ3n) is 4.90. The Bertz CT molecular complexity index is 738. The molecular formula is C20H23BrClFN2O. The summed E-state index contributed by atoms with van der Waals surface area (Å²) in [5, 5.41) is 14.0.